The lowest BCUT2D eigenvalue weighted by Crippen LogP contribution is -2.51. The zero-order valence-corrected chi connectivity index (χ0v) is 18.8. The second-order valence-electron chi connectivity index (χ2n) is 6.49. The van der Waals surface area contributed by atoms with E-state index < -0.39 is 6.61 Å². The third-order valence-electron chi connectivity index (χ3n) is 4.66. The summed E-state index contributed by atoms with van der Waals surface area (Å²) < 4.78 is 47.7. The van der Waals surface area contributed by atoms with E-state index in [-0.39, 0.29) is 47.8 Å². The van der Waals surface area contributed by atoms with E-state index in [0.717, 1.165) is 18.8 Å². The maximum Gasteiger partial charge on any atom is 0.387 e. The van der Waals surface area contributed by atoms with Crippen LogP contribution in [0.25, 0.3) is 0 Å². The number of anilines is 1. The lowest BCUT2D eigenvalue weighted by atomic mass is 10.2. The van der Waals surface area contributed by atoms with Crippen LogP contribution in [0.5, 0.6) is 11.5 Å². The van der Waals surface area contributed by atoms with Gasteiger partial charge in [0.1, 0.15) is 5.82 Å². The normalized spacial score (nSPS) is 14.5. The average Bonchev–Trinajstić information content (AvgIpc) is 2.72. The summed E-state index contributed by atoms with van der Waals surface area (Å²) in [4.78, 5) is 8.48. The van der Waals surface area contributed by atoms with Gasteiger partial charge in [-0.25, -0.2) is 9.38 Å². The fourth-order valence-corrected chi connectivity index (χ4v) is 3.13. The average molecular weight is 536 g/mol. The number of ether oxygens (including phenoxy) is 2. The molecule has 1 saturated heterocycles. The van der Waals surface area contributed by atoms with Crippen molar-refractivity contribution >= 4 is 35.6 Å². The van der Waals surface area contributed by atoms with Crippen molar-refractivity contribution in [3.05, 3.63) is 53.8 Å². The topological polar surface area (TPSA) is 63.3 Å². The van der Waals surface area contributed by atoms with E-state index in [0.29, 0.717) is 24.6 Å². The number of alkyl halides is 2. The Morgan fingerprint density at radius 2 is 1.73 bits per heavy atom. The number of methoxy groups -OCH3 is 1. The molecule has 10 heteroatoms. The maximum absolute atomic E-state index is 13.1. The Bertz CT molecular complexity index is 844. The predicted molar refractivity (Wildman–Crippen MR) is 121 cm³/mol. The Labute approximate surface area is 190 Å². The molecule has 2 aromatic carbocycles. The van der Waals surface area contributed by atoms with Crippen molar-refractivity contribution < 1.29 is 22.6 Å². The maximum atomic E-state index is 13.1. The van der Waals surface area contributed by atoms with Crippen LogP contribution in [-0.4, -0.2) is 50.8 Å². The number of benzene rings is 2. The number of hydrogen-bond donors (Lipinski definition) is 1. The lowest BCUT2D eigenvalue weighted by Gasteiger charge is -2.36. The van der Waals surface area contributed by atoms with E-state index in [2.05, 4.69) is 14.6 Å². The molecule has 0 atom stereocenters. The molecule has 0 saturated carbocycles. The van der Waals surface area contributed by atoms with Crippen molar-refractivity contribution in [2.45, 2.75) is 13.2 Å². The van der Waals surface area contributed by atoms with Crippen LogP contribution in [-0.2, 0) is 6.54 Å². The first-order chi connectivity index (χ1) is 14.0. The molecular weight excluding hydrogens is 512 g/mol. The van der Waals surface area contributed by atoms with Gasteiger partial charge in [0.2, 0.25) is 0 Å². The first-order valence-corrected chi connectivity index (χ1v) is 9.13. The summed E-state index contributed by atoms with van der Waals surface area (Å²) in [5.41, 5.74) is 7.75. The second-order valence-corrected chi connectivity index (χ2v) is 6.49. The van der Waals surface area contributed by atoms with Crippen LogP contribution in [0.4, 0.5) is 18.9 Å². The standard InChI is InChI=1S/C20H23F3N4O2.HI/c1-28-17-7-2-14(12-18(17)29-19(22)23)13-25-20(24)27-10-8-26(9-11-27)16-5-3-15(21)4-6-16;/h2-7,12,19H,8-11,13H2,1H3,(H2,24,25);1H. The monoisotopic (exact) mass is 536 g/mol. The highest BCUT2D eigenvalue weighted by molar-refractivity contribution is 14.0. The van der Waals surface area contributed by atoms with E-state index in [4.69, 9.17) is 10.5 Å². The molecule has 0 aromatic heterocycles. The highest BCUT2D eigenvalue weighted by Gasteiger charge is 2.18. The van der Waals surface area contributed by atoms with Crippen LogP contribution < -0.4 is 20.1 Å². The Kier molecular flexibility index (Phi) is 8.88. The van der Waals surface area contributed by atoms with Crippen LogP contribution >= 0.6 is 24.0 Å². The van der Waals surface area contributed by atoms with E-state index in [1.807, 2.05) is 4.90 Å². The number of hydrogen-bond acceptors (Lipinski definition) is 4. The van der Waals surface area contributed by atoms with Gasteiger partial charge in [0.05, 0.1) is 13.7 Å². The Balaban J connectivity index is 0.00000320. The quantitative estimate of drug-likeness (QED) is 0.347. The molecule has 1 aliphatic rings. The van der Waals surface area contributed by atoms with Gasteiger partial charge in [-0.3, -0.25) is 0 Å². The summed E-state index contributed by atoms with van der Waals surface area (Å²) in [6.45, 7) is 0.107. The van der Waals surface area contributed by atoms with E-state index in [1.165, 1.54) is 25.3 Å². The van der Waals surface area contributed by atoms with E-state index in [9.17, 15) is 13.2 Å². The van der Waals surface area contributed by atoms with Gasteiger partial charge in [0.15, 0.2) is 17.5 Å². The molecule has 0 spiro atoms. The minimum atomic E-state index is -2.94. The van der Waals surface area contributed by atoms with Crippen LogP contribution in [0.1, 0.15) is 5.56 Å². The molecule has 0 unspecified atom stereocenters. The van der Waals surface area contributed by atoms with Gasteiger partial charge in [-0.2, -0.15) is 8.78 Å². The molecule has 30 heavy (non-hydrogen) atoms. The largest absolute Gasteiger partial charge is 0.493 e. The summed E-state index contributed by atoms with van der Waals surface area (Å²) in [5.74, 6) is 0.310. The highest BCUT2D eigenvalue weighted by Crippen LogP contribution is 2.29. The molecule has 0 bridgehead atoms. The van der Waals surface area contributed by atoms with Crippen LogP contribution in [0.15, 0.2) is 47.5 Å². The molecule has 0 radical (unpaired) electrons. The van der Waals surface area contributed by atoms with Crippen molar-refractivity contribution in [1.29, 1.82) is 0 Å². The summed E-state index contributed by atoms with van der Waals surface area (Å²) in [7, 11) is 1.38. The number of halogens is 4. The number of nitrogens with two attached hydrogens (primary N) is 1. The number of guanidine groups is 1. The van der Waals surface area contributed by atoms with Gasteiger partial charge in [-0.05, 0) is 42.0 Å². The fraction of sp³-hybridized carbons (Fsp3) is 0.350. The van der Waals surface area contributed by atoms with Crippen molar-refractivity contribution in [2.75, 3.05) is 38.2 Å². The minimum absolute atomic E-state index is 0. The number of aliphatic imine (C=N–C) groups is 1. The van der Waals surface area contributed by atoms with Gasteiger partial charge < -0.3 is 25.0 Å². The molecule has 6 nitrogen and oxygen atoms in total. The SMILES string of the molecule is COc1ccc(CN=C(N)N2CCN(c3ccc(F)cc3)CC2)cc1OC(F)F.I. The first kappa shape index (κ1) is 23.9. The predicted octanol–water partition coefficient (Wildman–Crippen LogP) is 3.69. The minimum Gasteiger partial charge on any atom is -0.493 e. The third kappa shape index (κ3) is 6.31. The Morgan fingerprint density at radius 1 is 1.07 bits per heavy atom. The van der Waals surface area contributed by atoms with Gasteiger partial charge in [-0.15, -0.1) is 24.0 Å². The zero-order valence-electron chi connectivity index (χ0n) is 16.4. The van der Waals surface area contributed by atoms with E-state index in [1.54, 1.807) is 24.3 Å². The van der Waals surface area contributed by atoms with Crippen molar-refractivity contribution in [1.82, 2.24) is 4.90 Å². The number of rotatable bonds is 6. The van der Waals surface area contributed by atoms with Crippen LogP contribution in [0, 0.1) is 5.82 Å². The van der Waals surface area contributed by atoms with Crippen molar-refractivity contribution in [2.24, 2.45) is 10.7 Å². The van der Waals surface area contributed by atoms with Gasteiger partial charge in [0, 0.05) is 31.9 Å². The van der Waals surface area contributed by atoms with Crippen LogP contribution in [0.3, 0.4) is 0 Å². The number of nitrogens with zero attached hydrogens (tertiary/aromatic N) is 3. The molecule has 164 valence electrons. The molecular formula is C20H24F3IN4O2. The van der Waals surface area contributed by atoms with Gasteiger partial charge in [-0.1, -0.05) is 6.07 Å². The van der Waals surface area contributed by atoms with E-state index >= 15 is 0 Å². The third-order valence-corrected chi connectivity index (χ3v) is 4.66. The first-order valence-electron chi connectivity index (χ1n) is 9.13. The summed E-state index contributed by atoms with van der Waals surface area (Å²) in [6, 6.07) is 11.1. The van der Waals surface area contributed by atoms with Gasteiger partial charge >= 0.3 is 6.61 Å². The van der Waals surface area contributed by atoms with Crippen molar-refractivity contribution in [3.8, 4) is 11.5 Å². The second kappa shape index (κ2) is 11.1. The molecule has 2 N–H and O–H groups in total. The Morgan fingerprint density at radius 3 is 2.33 bits per heavy atom. The molecule has 0 amide bonds. The molecule has 1 heterocycles. The molecule has 3 rings (SSSR count). The van der Waals surface area contributed by atoms with Crippen molar-refractivity contribution in [3.63, 3.8) is 0 Å². The Hall–Kier alpha value is -2.37. The summed E-state index contributed by atoms with van der Waals surface area (Å²) >= 11 is 0. The van der Waals surface area contributed by atoms with Gasteiger partial charge in [0.25, 0.3) is 0 Å². The molecule has 1 fully saturated rings. The summed E-state index contributed by atoms with van der Waals surface area (Å²) in [6.07, 6.45) is 0. The smallest absolute Gasteiger partial charge is 0.387 e. The lowest BCUT2D eigenvalue weighted by molar-refractivity contribution is -0.0512. The fourth-order valence-electron chi connectivity index (χ4n) is 3.13. The van der Waals surface area contributed by atoms with Crippen LogP contribution in [0.2, 0.25) is 0 Å². The molecule has 2 aromatic rings. The highest BCUT2D eigenvalue weighted by atomic mass is 127. The molecule has 0 aliphatic carbocycles. The zero-order chi connectivity index (χ0) is 20.8. The summed E-state index contributed by atoms with van der Waals surface area (Å²) in [5, 5.41) is 0. The molecule has 1 aliphatic heterocycles. The number of piperazine rings is 1.